The fourth-order valence-corrected chi connectivity index (χ4v) is 1.45. The minimum absolute atomic E-state index is 0.260. The molecular weight excluding hydrogens is 174 g/mol. The van der Waals surface area contributed by atoms with Gasteiger partial charge < -0.3 is 10.5 Å². The SMILES string of the molecule is CCC(C)Oc1c(C)cc(N)cc1C. The normalized spacial score (nSPS) is 12.6. The van der Waals surface area contributed by atoms with E-state index >= 15 is 0 Å². The molecule has 0 saturated heterocycles. The number of ether oxygens (including phenoxy) is 1. The lowest BCUT2D eigenvalue weighted by molar-refractivity contribution is 0.214. The van der Waals surface area contributed by atoms with Crippen LogP contribution < -0.4 is 10.5 Å². The van der Waals surface area contributed by atoms with E-state index in [1.165, 1.54) is 0 Å². The zero-order valence-corrected chi connectivity index (χ0v) is 9.42. The van der Waals surface area contributed by atoms with E-state index in [2.05, 4.69) is 13.8 Å². The van der Waals surface area contributed by atoms with Crippen LogP contribution in [0.25, 0.3) is 0 Å². The van der Waals surface area contributed by atoms with Crippen LogP contribution >= 0.6 is 0 Å². The van der Waals surface area contributed by atoms with E-state index in [4.69, 9.17) is 10.5 Å². The Hall–Kier alpha value is -1.18. The minimum atomic E-state index is 0.260. The standard InChI is InChI=1S/C12H19NO/c1-5-10(4)14-12-8(2)6-11(13)7-9(12)3/h6-7,10H,5,13H2,1-4H3. The summed E-state index contributed by atoms with van der Waals surface area (Å²) in [4.78, 5) is 0. The van der Waals surface area contributed by atoms with Crippen LogP contribution in [0.5, 0.6) is 5.75 Å². The second-order valence-electron chi connectivity index (χ2n) is 3.82. The van der Waals surface area contributed by atoms with Gasteiger partial charge >= 0.3 is 0 Å². The molecule has 78 valence electrons. The Morgan fingerprint density at radius 2 is 1.79 bits per heavy atom. The molecule has 0 fully saturated rings. The molecule has 2 heteroatoms. The number of hydrogen-bond acceptors (Lipinski definition) is 2. The van der Waals surface area contributed by atoms with Crippen molar-refractivity contribution in [2.75, 3.05) is 5.73 Å². The van der Waals surface area contributed by atoms with Crippen molar-refractivity contribution in [3.05, 3.63) is 23.3 Å². The maximum Gasteiger partial charge on any atom is 0.125 e. The van der Waals surface area contributed by atoms with Gasteiger partial charge in [0.25, 0.3) is 0 Å². The highest BCUT2D eigenvalue weighted by atomic mass is 16.5. The van der Waals surface area contributed by atoms with E-state index in [0.29, 0.717) is 0 Å². The van der Waals surface area contributed by atoms with Gasteiger partial charge in [0.2, 0.25) is 0 Å². The zero-order valence-electron chi connectivity index (χ0n) is 9.42. The Morgan fingerprint density at radius 1 is 1.29 bits per heavy atom. The highest BCUT2D eigenvalue weighted by Gasteiger charge is 2.08. The van der Waals surface area contributed by atoms with Gasteiger partial charge in [0.15, 0.2) is 0 Å². The van der Waals surface area contributed by atoms with Crippen LogP contribution in [0.1, 0.15) is 31.4 Å². The van der Waals surface area contributed by atoms with Crippen LogP contribution in [-0.4, -0.2) is 6.10 Å². The van der Waals surface area contributed by atoms with Gasteiger partial charge in [-0.15, -0.1) is 0 Å². The second-order valence-corrected chi connectivity index (χ2v) is 3.82. The molecule has 1 rings (SSSR count). The quantitative estimate of drug-likeness (QED) is 0.749. The summed E-state index contributed by atoms with van der Waals surface area (Å²) in [6.07, 6.45) is 1.28. The fraction of sp³-hybridized carbons (Fsp3) is 0.500. The zero-order chi connectivity index (χ0) is 10.7. The van der Waals surface area contributed by atoms with Crippen molar-refractivity contribution in [1.82, 2.24) is 0 Å². The first-order valence-corrected chi connectivity index (χ1v) is 5.08. The van der Waals surface area contributed by atoms with E-state index in [9.17, 15) is 0 Å². The summed E-state index contributed by atoms with van der Waals surface area (Å²) in [6.45, 7) is 8.25. The predicted octanol–water partition coefficient (Wildman–Crippen LogP) is 3.06. The van der Waals surface area contributed by atoms with Crippen molar-refractivity contribution in [1.29, 1.82) is 0 Å². The van der Waals surface area contributed by atoms with Crippen molar-refractivity contribution < 1.29 is 4.74 Å². The summed E-state index contributed by atoms with van der Waals surface area (Å²) in [5.41, 5.74) is 8.77. The van der Waals surface area contributed by atoms with Gasteiger partial charge in [0, 0.05) is 5.69 Å². The number of anilines is 1. The minimum Gasteiger partial charge on any atom is -0.490 e. The van der Waals surface area contributed by atoms with Crippen molar-refractivity contribution in [3.63, 3.8) is 0 Å². The molecular formula is C12H19NO. The number of nitrogens with two attached hydrogens (primary N) is 1. The molecule has 0 amide bonds. The lowest BCUT2D eigenvalue weighted by atomic mass is 10.1. The van der Waals surface area contributed by atoms with Crippen molar-refractivity contribution in [3.8, 4) is 5.75 Å². The van der Waals surface area contributed by atoms with E-state index in [1.54, 1.807) is 0 Å². The first kappa shape index (κ1) is 10.9. The van der Waals surface area contributed by atoms with Crippen LogP contribution in [0.15, 0.2) is 12.1 Å². The smallest absolute Gasteiger partial charge is 0.125 e. The Balaban J connectivity index is 2.96. The predicted molar refractivity (Wildman–Crippen MR) is 60.7 cm³/mol. The summed E-state index contributed by atoms with van der Waals surface area (Å²) in [7, 11) is 0. The second kappa shape index (κ2) is 4.36. The number of rotatable bonds is 3. The molecule has 0 radical (unpaired) electrons. The molecule has 0 aromatic heterocycles. The molecule has 2 N–H and O–H groups in total. The van der Waals surface area contributed by atoms with Crippen LogP contribution in [-0.2, 0) is 0 Å². The maximum atomic E-state index is 5.82. The van der Waals surface area contributed by atoms with Crippen molar-refractivity contribution in [2.24, 2.45) is 0 Å². The Kier molecular flexibility index (Phi) is 3.39. The largest absolute Gasteiger partial charge is 0.490 e. The van der Waals surface area contributed by atoms with Gasteiger partial charge in [0.1, 0.15) is 5.75 Å². The molecule has 1 unspecified atom stereocenters. The van der Waals surface area contributed by atoms with Crippen molar-refractivity contribution in [2.45, 2.75) is 40.2 Å². The average molecular weight is 193 g/mol. The number of benzene rings is 1. The number of aryl methyl sites for hydroxylation is 2. The van der Waals surface area contributed by atoms with Gasteiger partial charge in [-0.25, -0.2) is 0 Å². The van der Waals surface area contributed by atoms with E-state index < -0.39 is 0 Å². The fourth-order valence-electron chi connectivity index (χ4n) is 1.45. The first-order valence-electron chi connectivity index (χ1n) is 5.08. The molecule has 0 spiro atoms. The Bertz CT molecular complexity index is 297. The van der Waals surface area contributed by atoms with Crippen LogP contribution in [0.4, 0.5) is 5.69 Å². The van der Waals surface area contributed by atoms with Crippen LogP contribution in [0, 0.1) is 13.8 Å². The van der Waals surface area contributed by atoms with Gasteiger partial charge in [-0.3, -0.25) is 0 Å². The lowest BCUT2D eigenvalue weighted by Gasteiger charge is -2.17. The number of hydrogen-bond donors (Lipinski definition) is 1. The molecule has 0 aliphatic rings. The summed E-state index contributed by atoms with van der Waals surface area (Å²) in [5.74, 6) is 0.980. The topological polar surface area (TPSA) is 35.2 Å². The molecule has 1 atom stereocenters. The average Bonchev–Trinajstić information content (AvgIpc) is 2.10. The molecule has 0 aliphatic heterocycles. The summed E-state index contributed by atoms with van der Waals surface area (Å²) in [5, 5.41) is 0. The van der Waals surface area contributed by atoms with E-state index in [1.807, 2.05) is 26.0 Å². The molecule has 1 aromatic rings. The first-order chi connectivity index (χ1) is 6.54. The van der Waals surface area contributed by atoms with Crippen LogP contribution in [0.3, 0.4) is 0 Å². The Labute approximate surface area is 86.1 Å². The molecule has 1 aromatic carbocycles. The third kappa shape index (κ3) is 2.41. The summed E-state index contributed by atoms with van der Waals surface area (Å²) >= 11 is 0. The molecule has 0 saturated carbocycles. The third-order valence-corrected chi connectivity index (χ3v) is 2.38. The Morgan fingerprint density at radius 3 is 2.21 bits per heavy atom. The molecule has 2 nitrogen and oxygen atoms in total. The highest BCUT2D eigenvalue weighted by Crippen LogP contribution is 2.27. The van der Waals surface area contributed by atoms with Crippen LogP contribution in [0.2, 0.25) is 0 Å². The monoisotopic (exact) mass is 193 g/mol. The van der Waals surface area contributed by atoms with Gasteiger partial charge in [-0.1, -0.05) is 6.92 Å². The molecule has 0 aliphatic carbocycles. The van der Waals surface area contributed by atoms with E-state index in [0.717, 1.165) is 29.0 Å². The number of nitrogen functional groups attached to an aromatic ring is 1. The lowest BCUT2D eigenvalue weighted by Crippen LogP contribution is -2.11. The van der Waals surface area contributed by atoms with Gasteiger partial charge in [-0.2, -0.15) is 0 Å². The van der Waals surface area contributed by atoms with Gasteiger partial charge in [0.05, 0.1) is 6.10 Å². The maximum absolute atomic E-state index is 5.82. The highest BCUT2D eigenvalue weighted by molar-refractivity contribution is 5.52. The van der Waals surface area contributed by atoms with Gasteiger partial charge in [-0.05, 0) is 50.5 Å². The molecule has 14 heavy (non-hydrogen) atoms. The third-order valence-electron chi connectivity index (χ3n) is 2.38. The summed E-state index contributed by atoms with van der Waals surface area (Å²) in [6, 6.07) is 3.90. The van der Waals surface area contributed by atoms with Crippen molar-refractivity contribution >= 4 is 5.69 Å². The molecule has 0 bridgehead atoms. The summed E-state index contributed by atoms with van der Waals surface area (Å²) < 4.78 is 5.82. The molecule has 0 heterocycles. The van der Waals surface area contributed by atoms with E-state index in [-0.39, 0.29) is 6.10 Å².